The summed E-state index contributed by atoms with van der Waals surface area (Å²) in [5.41, 5.74) is 5.21. The van der Waals surface area contributed by atoms with Crippen molar-refractivity contribution in [1.29, 1.82) is 0 Å². The van der Waals surface area contributed by atoms with Gasteiger partial charge in [-0.25, -0.2) is 0 Å². The van der Waals surface area contributed by atoms with Crippen LogP contribution >= 0.6 is 11.3 Å². The number of thiophene rings is 1. The largest absolute Gasteiger partial charge is 0.369 e. The summed E-state index contributed by atoms with van der Waals surface area (Å²) in [6.07, 6.45) is 4.10. The molecule has 1 aliphatic rings. The fraction of sp³-hybridized carbons (Fsp3) is 0.308. The summed E-state index contributed by atoms with van der Waals surface area (Å²) in [5.74, 6) is -1.31. The van der Waals surface area contributed by atoms with Gasteiger partial charge in [-0.1, -0.05) is 0 Å². The number of nitrogens with two attached hydrogens (primary N) is 1. The molecule has 0 aliphatic carbocycles. The molecule has 98 valence electrons. The van der Waals surface area contributed by atoms with Crippen LogP contribution in [0.1, 0.15) is 11.3 Å². The highest BCUT2D eigenvalue weighted by molar-refractivity contribution is 7.19. The van der Waals surface area contributed by atoms with Gasteiger partial charge in [0, 0.05) is 33.9 Å². The van der Waals surface area contributed by atoms with E-state index < -0.39 is 11.8 Å². The highest BCUT2D eigenvalue weighted by atomic mass is 32.1. The van der Waals surface area contributed by atoms with Crippen molar-refractivity contribution in [3.05, 3.63) is 29.4 Å². The topological polar surface area (TPSA) is 76.3 Å². The molecule has 2 aromatic heterocycles. The van der Waals surface area contributed by atoms with Gasteiger partial charge in [-0.2, -0.15) is 0 Å². The third-order valence-electron chi connectivity index (χ3n) is 3.36. The molecule has 2 amide bonds. The quantitative estimate of drug-likeness (QED) is 0.853. The zero-order valence-electron chi connectivity index (χ0n) is 10.2. The summed E-state index contributed by atoms with van der Waals surface area (Å²) >= 11 is 1.65. The maximum atomic E-state index is 12.0. The molecule has 1 saturated heterocycles. The fourth-order valence-corrected chi connectivity index (χ4v) is 3.41. The number of amides is 2. The van der Waals surface area contributed by atoms with Gasteiger partial charge in [0.1, 0.15) is 5.92 Å². The van der Waals surface area contributed by atoms with Gasteiger partial charge < -0.3 is 10.6 Å². The molecule has 1 fully saturated rings. The Labute approximate surface area is 114 Å². The molecule has 0 saturated carbocycles. The third kappa shape index (κ3) is 2.19. The average molecular weight is 275 g/mol. The second-order valence-electron chi connectivity index (χ2n) is 4.63. The molecular formula is C13H13N3O2S. The minimum atomic E-state index is -0.643. The van der Waals surface area contributed by atoms with E-state index in [2.05, 4.69) is 4.98 Å². The highest BCUT2D eigenvalue weighted by Crippen LogP contribution is 2.27. The van der Waals surface area contributed by atoms with Gasteiger partial charge >= 0.3 is 0 Å². The number of carbonyl (C=O) groups excluding carboxylic acids is 2. The predicted octanol–water partition coefficient (Wildman–Crippen LogP) is 1.13. The van der Waals surface area contributed by atoms with Crippen molar-refractivity contribution in [1.82, 2.24) is 9.88 Å². The van der Waals surface area contributed by atoms with Crippen molar-refractivity contribution < 1.29 is 9.59 Å². The van der Waals surface area contributed by atoms with Gasteiger partial charge in [0.05, 0.1) is 6.54 Å². The zero-order chi connectivity index (χ0) is 13.4. The summed E-state index contributed by atoms with van der Waals surface area (Å²) in [6, 6.07) is 4.00. The molecule has 3 rings (SSSR count). The lowest BCUT2D eigenvalue weighted by Crippen LogP contribution is -2.32. The number of primary amides is 1. The first-order valence-electron chi connectivity index (χ1n) is 6.05. The van der Waals surface area contributed by atoms with Crippen LogP contribution in [-0.2, 0) is 16.1 Å². The van der Waals surface area contributed by atoms with Crippen LogP contribution in [0.3, 0.4) is 0 Å². The molecule has 5 nitrogen and oxygen atoms in total. The molecule has 0 unspecified atom stereocenters. The summed E-state index contributed by atoms with van der Waals surface area (Å²) in [4.78, 5) is 30.0. The summed E-state index contributed by atoms with van der Waals surface area (Å²) in [5, 5.41) is 1.08. The van der Waals surface area contributed by atoms with Gasteiger partial charge in [-0.05, 0) is 18.6 Å². The number of hydrogen-bond donors (Lipinski definition) is 1. The molecule has 0 spiro atoms. The number of pyridine rings is 1. The standard InChI is InChI=1S/C13H13N3O2S/c14-12(17)10-2-4-16(13(10)18)7-9-5-8-6-15-3-1-11(8)19-9/h1,3,5-6,10H,2,4,7H2,(H2,14,17)/t10-/m0/s1. The first-order chi connectivity index (χ1) is 9.15. The van der Waals surface area contributed by atoms with Crippen LogP contribution in [0.4, 0.5) is 0 Å². The van der Waals surface area contributed by atoms with Crippen LogP contribution in [0.25, 0.3) is 10.1 Å². The van der Waals surface area contributed by atoms with Crippen LogP contribution in [0.2, 0.25) is 0 Å². The lowest BCUT2D eigenvalue weighted by Gasteiger charge is -2.14. The van der Waals surface area contributed by atoms with Crippen molar-refractivity contribution >= 4 is 33.2 Å². The highest BCUT2D eigenvalue weighted by Gasteiger charge is 2.35. The summed E-state index contributed by atoms with van der Waals surface area (Å²) in [7, 11) is 0. The van der Waals surface area contributed by atoms with E-state index in [-0.39, 0.29) is 5.91 Å². The normalized spacial score (nSPS) is 19.3. The second-order valence-corrected chi connectivity index (χ2v) is 5.80. The van der Waals surface area contributed by atoms with Crippen molar-refractivity contribution in [2.24, 2.45) is 11.7 Å². The van der Waals surface area contributed by atoms with Crippen molar-refractivity contribution in [2.45, 2.75) is 13.0 Å². The van der Waals surface area contributed by atoms with Gasteiger partial charge in [0.25, 0.3) is 0 Å². The molecule has 2 aromatic rings. The molecule has 6 heteroatoms. The van der Waals surface area contributed by atoms with E-state index in [1.165, 1.54) is 0 Å². The number of aromatic nitrogens is 1. The first kappa shape index (κ1) is 12.1. The number of nitrogens with zero attached hydrogens (tertiary/aromatic N) is 2. The van der Waals surface area contributed by atoms with Gasteiger partial charge in [-0.3, -0.25) is 14.6 Å². The average Bonchev–Trinajstić information content (AvgIpc) is 2.94. The van der Waals surface area contributed by atoms with Crippen molar-refractivity contribution in [2.75, 3.05) is 6.54 Å². The van der Waals surface area contributed by atoms with Gasteiger partial charge in [0.2, 0.25) is 11.8 Å². The van der Waals surface area contributed by atoms with Gasteiger partial charge in [-0.15, -0.1) is 11.3 Å². The Morgan fingerprint density at radius 2 is 2.42 bits per heavy atom. The van der Waals surface area contributed by atoms with E-state index in [0.717, 1.165) is 15.0 Å². The van der Waals surface area contributed by atoms with Crippen LogP contribution < -0.4 is 5.73 Å². The van der Waals surface area contributed by atoms with Crippen LogP contribution in [0, 0.1) is 5.92 Å². The van der Waals surface area contributed by atoms with Crippen molar-refractivity contribution in [3.63, 3.8) is 0 Å². The maximum absolute atomic E-state index is 12.0. The molecular weight excluding hydrogens is 262 g/mol. The fourth-order valence-electron chi connectivity index (χ4n) is 2.37. The lowest BCUT2D eigenvalue weighted by atomic mass is 10.1. The smallest absolute Gasteiger partial charge is 0.235 e. The van der Waals surface area contributed by atoms with E-state index in [1.807, 2.05) is 18.3 Å². The molecule has 1 aliphatic heterocycles. The molecule has 0 aromatic carbocycles. The van der Waals surface area contributed by atoms with Gasteiger partial charge in [0.15, 0.2) is 0 Å². The minimum absolute atomic E-state index is 0.150. The number of hydrogen-bond acceptors (Lipinski definition) is 4. The van der Waals surface area contributed by atoms with Crippen molar-refractivity contribution in [3.8, 4) is 0 Å². The number of rotatable bonds is 3. The Kier molecular flexibility index (Phi) is 2.94. The Balaban J connectivity index is 1.78. The Hall–Kier alpha value is -1.95. The maximum Gasteiger partial charge on any atom is 0.235 e. The first-order valence-corrected chi connectivity index (χ1v) is 6.87. The molecule has 3 heterocycles. The number of fused-ring (bicyclic) bond motifs is 1. The lowest BCUT2D eigenvalue weighted by molar-refractivity contribution is -0.136. The Morgan fingerprint density at radius 3 is 3.11 bits per heavy atom. The summed E-state index contributed by atoms with van der Waals surface area (Å²) in [6.45, 7) is 1.14. The monoisotopic (exact) mass is 275 g/mol. The van der Waals surface area contributed by atoms with E-state index in [0.29, 0.717) is 19.5 Å². The van der Waals surface area contributed by atoms with Crippen LogP contribution in [-0.4, -0.2) is 28.2 Å². The molecule has 19 heavy (non-hydrogen) atoms. The van der Waals surface area contributed by atoms with E-state index in [4.69, 9.17) is 5.73 Å². The number of likely N-dealkylation sites (tertiary alicyclic amines) is 1. The van der Waals surface area contributed by atoms with E-state index in [9.17, 15) is 9.59 Å². The Bertz CT molecular complexity index is 619. The predicted molar refractivity (Wildman–Crippen MR) is 72.3 cm³/mol. The van der Waals surface area contributed by atoms with E-state index >= 15 is 0 Å². The van der Waals surface area contributed by atoms with Crippen LogP contribution in [0.5, 0.6) is 0 Å². The molecule has 1 atom stereocenters. The Morgan fingerprint density at radius 1 is 1.58 bits per heavy atom. The van der Waals surface area contributed by atoms with Crippen LogP contribution in [0.15, 0.2) is 24.5 Å². The summed E-state index contributed by atoms with van der Waals surface area (Å²) < 4.78 is 1.16. The molecule has 0 bridgehead atoms. The minimum Gasteiger partial charge on any atom is -0.369 e. The molecule has 2 N–H and O–H groups in total. The number of carbonyl (C=O) groups is 2. The van der Waals surface area contributed by atoms with E-state index in [1.54, 1.807) is 22.4 Å². The SMILES string of the molecule is NC(=O)[C@@H]1CCN(Cc2cc3cnccc3s2)C1=O. The zero-order valence-corrected chi connectivity index (χ0v) is 11.0. The molecule has 0 radical (unpaired) electrons. The second kappa shape index (κ2) is 4.62. The third-order valence-corrected chi connectivity index (χ3v) is 4.46.